The van der Waals surface area contributed by atoms with Crippen LogP contribution in [0.5, 0.6) is 0 Å². The van der Waals surface area contributed by atoms with Crippen molar-refractivity contribution < 1.29 is 18.7 Å². The third-order valence-corrected chi connectivity index (χ3v) is 5.53. The molecule has 1 N–H and O–H groups in total. The molecule has 0 radical (unpaired) electrons. The summed E-state index contributed by atoms with van der Waals surface area (Å²) in [6, 6.07) is 3.58. The number of carbonyl (C=O) groups is 2. The molecule has 8 nitrogen and oxygen atoms in total. The first-order chi connectivity index (χ1) is 13.3. The van der Waals surface area contributed by atoms with Gasteiger partial charge in [0.25, 0.3) is 0 Å². The number of aromatic amines is 1. The van der Waals surface area contributed by atoms with Crippen LogP contribution in [-0.4, -0.2) is 43.4 Å². The third kappa shape index (κ3) is 3.62. The fourth-order valence-electron chi connectivity index (χ4n) is 2.96. The fourth-order valence-corrected chi connectivity index (χ4v) is 3.83. The van der Waals surface area contributed by atoms with E-state index in [2.05, 4.69) is 15.2 Å². The van der Waals surface area contributed by atoms with Crippen LogP contribution in [0, 0.1) is 13.8 Å². The van der Waals surface area contributed by atoms with Crippen LogP contribution in [0.1, 0.15) is 46.0 Å². The quantitative estimate of drug-likeness (QED) is 0.366. The largest absolute Gasteiger partial charge is 0.462 e. The number of nitrogens with zero attached hydrogens (tertiary/aromatic N) is 3. The Labute approximate surface area is 166 Å². The van der Waals surface area contributed by atoms with E-state index in [0.29, 0.717) is 39.3 Å². The molecule has 3 heterocycles. The van der Waals surface area contributed by atoms with Gasteiger partial charge >= 0.3 is 5.97 Å². The predicted molar refractivity (Wildman–Crippen MR) is 105 cm³/mol. The number of hydrogen-bond donors (Lipinski definition) is 1. The molecule has 0 saturated carbocycles. The number of thioether (sulfide) groups is 1. The van der Waals surface area contributed by atoms with Gasteiger partial charge in [0, 0.05) is 12.7 Å². The highest BCUT2D eigenvalue weighted by Gasteiger charge is 2.27. The number of H-pyrrole nitrogens is 1. The minimum absolute atomic E-state index is 0.122. The first-order valence-corrected chi connectivity index (χ1v) is 9.73. The van der Waals surface area contributed by atoms with Crippen LogP contribution in [0.25, 0.3) is 11.6 Å². The van der Waals surface area contributed by atoms with Crippen molar-refractivity contribution in [3.8, 4) is 11.6 Å². The van der Waals surface area contributed by atoms with Crippen LogP contribution in [0.3, 0.4) is 0 Å². The van der Waals surface area contributed by atoms with E-state index >= 15 is 0 Å². The number of aryl methyl sites for hydroxylation is 1. The number of rotatable bonds is 7. The lowest BCUT2D eigenvalue weighted by molar-refractivity contribution is 0.0525. The number of ketones is 1. The molecule has 0 aliphatic heterocycles. The van der Waals surface area contributed by atoms with Crippen molar-refractivity contribution in [2.24, 2.45) is 7.05 Å². The number of carbonyl (C=O) groups excluding carboxylic acids is 2. The Morgan fingerprint density at radius 2 is 2.11 bits per heavy atom. The minimum Gasteiger partial charge on any atom is -0.462 e. The van der Waals surface area contributed by atoms with Gasteiger partial charge in [0.2, 0.25) is 0 Å². The molecule has 1 atom stereocenters. The van der Waals surface area contributed by atoms with Gasteiger partial charge < -0.3 is 18.7 Å². The molecular formula is C19H22N4O4S. The summed E-state index contributed by atoms with van der Waals surface area (Å²) in [5.41, 5.74) is 2.05. The SMILES string of the molecule is CCOC(=O)c1c(C)[nH]c(C(=O)C(C)Sc2nnc(-c3ccco3)n2C)c1C. The van der Waals surface area contributed by atoms with Crippen molar-refractivity contribution >= 4 is 23.5 Å². The summed E-state index contributed by atoms with van der Waals surface area (Å²) in [4.78, 5) is 28.2. The second kappa shape index (κ2) is 8.05. The van der Waals surface area contributed by atoms with E-state index in [-0.39, 0.29) is 12.4 Å². The fraction of sp³-hybridized carbons (Fsp3) is 0.368. The molecule has 0 aromatic carbocycles. The molecule has 9 heteroatoms. The zero-order valence-electron chi connectivity index (χ0n) is 16.4. The smallest absolute Gasteiger partial charge is 0.340 e. The van der Waals surface area contributed by atoms with Crippen LogP contribution >= 0.6 is 11.8 Å². The molecule has 0 saturated heterocycles. The average molecular weight is 402 g/mol. The van der Waals surface area contributed by atoms with E-state index in [1.54, 1.807) is 50.7 Å². The highest BCUT2D eigenvalue weighted by molar-refractivity contribution is 8.00. The summed E-state index contributed by atoms with van der Waals surface area (Å²) >= 11 is 1.30. The Morgan fingerprint density at radius 3 is 2.75 bits per heavy atom. The maximum Gasteiger partial charge on any atom is 0.340 e. The van der Waals surface area contributed by atoms with Gasteiger partial charge in [0.1, 0.15) is 0 Å². The van der Waals surface area contributed by atoms with E-state index < -0.39 is 11.2 Å². The first-order valence-electron chi connectivity index (χ1n) is 8.85. The van der Waals surface area contributed by atoms with Crippen molar-refractivity contribution in [3.05, 3.63) is 40.9 Å². The molecule has 28 heavy (non-hydrogen) atoms. The van der Waals surface area contributed by atoms with Gasteiger partial charge in [-0.15, -0.1) is 10.2 Å². The predicted octanol–water partition coefficient (Wildman–Crippen LogP) is 3.56. The van der Waals surface area contributed by atoms with Crippen molar-refractivity contribution in [2.45, 2.75) is 38.1 Å². The van der Waals surface area contributed by atoms with Crippen LogP contribution in [-0.2, 0) is 11.8 Å². The summed E-state index contributed by atoms with van der Waals surface area (Å²) in [5.74, 6) is 0.646. The Hall–Kier alpha value is -2.81. The van der Waals surface area contributed by atoms with Crippen LogP contribution in [0.2, 0.25) is 0 Å². The Bertz CT molecular complexity index is 1000. The van der Waals surface area contributed by atoms with Gasteiger partial charge in [0.05, 0.1) is 29.4 Å². The number of hydrogen-bond acceptors (Lipinski definition) is 7. The second-order valence-corrected chi connectivity index (χ2v) is 7.62. The third-order valence-electron chi connectivity index (χ3n) is 4.39. The zero-order valence-corrected chi connectivity index (χ0v) is 17.2. The summed E-state index contributed by atoms with van der Waals surface area (Å²) < 4.78 is 12.2. The molecule has 0 amide bonds. The number of furan rings is 1. The molecule has 3 aromatic rings. The Kier molecular flexibility index (Phi) is 5.73. The van der Waals surface area contributed by atoms with E-state index in [1.165, 1.54) is 11.8 Å². The topological polar surface area (TPSA) is 103 Å². The van der Waals surface area contributed by atoms with Gasteiger partial charge in [-0.25, -0.2) is 4.79 Å². The van der Waals surface area contributed by atoms with Gasteiger partial charge in [0.15, 0.2) is 22.5 Å². The van der Waals surface area contributed by atoms with Gasteiger partial charge in [-0.3, -0.25) is 4.79 Å². The van der Waals surface area contributed by atoms with E-state index in [1.807, 2.05) is 7.05 Å². The second-order valence-electron chi connectivity index (χ2n) is 6.31. The number of aromatic nitrogens is 4. The van der Waals surface area contributed by atoms with Gasteiger partial charge in [-0.1, -0.05) is 11.8 Å². The standard InChI is InChI=1S/C19H22N4O4S/c1-6-26-18(25)14-10(2)15(20-11(14)3)16(24)12(4)28-19-22-21-17(23(19)5)13-8-7-9-27-13/h7-9,12,20H,6H2,1-5H3. The molecule has 0 fully saturated rings. The first kappa shape index (κ1) is 19.9. The lowest BCUT2D eigenvalue weighted by Gasteiger charge is -2.10. The summed E-state index contributed by atoms with van der Waals surface area (Å²) in [5, 5.41) is 8.47. The Balaban J connectivity index is 1.81. The molecule has 148 valence electrons. The number of ether oxygens (including phenoxy) is 1. The van der Waals surface area contributed by atoms with Crippen LogP contribution in [0.15, 0.2) is 28.0 Å². The van der Waals surface area contributed by atoms with Crippen molar-refractivity contribution in [3.63, 3.8) is 0 Å². The average Bonchev–Trinajstić information content (AvgIpc) is 3.35. The number of Topliss-reactive ketones (excluding diaryl/α,β-unsaturated/α-hetero) is 1. The van der Waals surface area contributed by atoms with Crippen molar-refractivity contribution in [1.29, 1.82) is 0 Å². The highest BCUT2D eigenvalue weighted by atomic mass is 32.2. The Morgan fingerprint density at radius 1 is 1.36 bits per heavy atom. The van der Waals surface area contributed by atoms with E-state index in [0.717, 1.165) is 0 Å². The van der Waals surface area contributed by atoms with Crippen LogP contribution in [0.4, 0.5) is 0 Å². The van der Waals surface area contributed by atoms with E-state index in [4.69, 9.17) is 9.15 Å². The van der Waals surface area contributed by atoms with E-state index in [9.17, 15) is 9.59 Å². The van der Waals surface area contributed by atoms with Crippen LogP contribution < -0.4 is 0 Å². The lowest BCUT2D eigenvalue weighted by atomic mass is 10.1. The maximum atomic E-state index is 13.0. The van der Waals surface area contributed by atoms with Crippen molar-refractivity contribution in [2.75, 3.05) is 6.61 Å². The summed E-state index contributed by atoms with van der Waals surface area (Å²) in [6.07, 6.45) is 1.57. The molecule has 0 aliphatic rings. The molecule has 3 aromatic heterocycles. The maximum absolute atomic E-state index is 13.0. The minimum atomic E-state index is -0.431. The zero-order chi connectivity index (χ0) is 20.4. The molecule has 0 aliphatic carbocycles. The number of nitrogens with one attached hydrogen (secondary N) is 1. The molecule has 0 spiro atoms. The summed E-state index contributed by atoms with van der Waals surface area (Å²) in [7, 11) is 1.82. The van der Waals surface area contributed by atoms with Gasteiger partial charge in [-0.05, 0) is 45.4 Å². The van der Waals surface area contributed by atoms with Crippen molar-refractivity contribution in [1.82, 2.24) is 19.7 Å². The number of esters is 1. The molecule has 0 bridgehead atoms. The highest BCUT2D eigenvalue weighted by Crippen LogP contribution is 2.29. The molecule has 3 rings (SSSR count). The van der Waals surface area contributed by atoms with Gasteiger partial charge in [-0.2, -0.15) is 0 Å². The molecule has 1 unspecified atom stereocenters. The summed E-state index contributed by atoms with van der Waals surface area (Å²) in [6.45, 7) is 7.33. The molecular weight excluding hydrogens is 380 g/mol. The normalized spacial score (nSPS) is 12.2. The lowest BCUT2D eigenvalue weighted by Crippen LogP contribution is -2.16. The monoisotopic (exact) mass is 402 g/mol.